The van der Waals surface area contributed by atoms with Gasteiger partial charge in [-0.05, 0) is 35.2 Å². The summed E-state index contributed by atoms with van der Waals surface area (Å²) in [6.45, 7) is 10.5. The highest BCUT2D eigenvalue weighted by atomic mass is 32.2. The van der Waals surface area contributed by atoms with Gasteiger partial charge in [-0.25, -0.2) is 23.5 Å². The van der Waals surface area contributed by atoms with Crippen molar-refractivity contribution in [3.8, 4) is 5.82 Å². The van der Waals surface area contributed by atoms with Gasteiger partial charge in [0.25, 0.3) is 5.56 Å². The first-order valence-electron chi connectivity index (χ1n) is 11.1. The number of hydrogen-bond donors (Lipinski definition) is 1. The molecule has 3 aromatic heterocycles. The van der Waals surface area contributed by atoms with E-state index in [2.05, 4.69) is 64.1 Å². The lowest BCUT2D eigenvalue weighted by molar-refractivity contribution is 0.590. The molecule has 1 aromatic carbocycles. The lowest BCUT2D eigenvalue weighted by atomic mass is 9.87. The number of nitrogens with zero attached hydrogens (tertiary/aromatic N) is 6. The topological polar surface area (TPSA) is 107 Å². The van der Waals surface area contributed by atoms with Crippen LogP contribution in [0.3, 0.4) is 0 Å². The molecule has 9 nitrogen and oxygen atoms in total. The fourth-order valence-corrected chi connectivity index (χ4v) is 4.15. The Bertz CT molecular complexity index is 1580. The third kappa shape index (κ3) is 5.32. The summed E-state index contributed by atoms with van der Waals surface area (Å²) in [5.41, 5.74) is 2.22. The number of pyridine rings is 1. The van der Waals surface area contributed by atoms with Gasteiger partial charge < -0.3 is 5.32 Å². The predicted octanol–water partition coefficient (Wildman–Crippen LogP) is 4.56. The van der Waals surface area contributed by atoms with Gasteiger partial charge >= 0.3 is 0 Å². The summed E-state index contributed by atoms with van der Waals surface area (Å²) < 4.78 is 19.5. The number of aromatic nitrogens is 5. The van der Waals surface area contributed by atoms with Crippen LogP contribution in [-0.2, 0) is 21.7 Å². The number of nitrogens with one attached hydrogen (secondary N) is 1. The standard InChI is InChI=1S/C25H29N7O2S/c1-7-15-31-23(33)19-16-26-24(27-18-13-11-17(12-14-18)25(2,3)4)29-22(19)32(31)21-10-8-9-20(28-21)30-35(5,6)34/h7-14,16H,1,15H2,2-6H3,(H,26,27,29). The van der Waals surface area contributed by atoms with Crippen LogP contribution in [0.2, 0.25) is 0 Å². The minimum Gasteiger partial charge on any atom is -0.324 e. The van der Waals surface area contributed by atoms with Crippen molar-refractivity contribution in [2.45, 2.75) is 32.7 Å². The lowest BCUT2D eigenvalue weighted by Gasteiger charge is -2.19. The molecule has 0 saturated carbocycles. The van der Waals surface area contributed by atoms with Gasteiger partial charge in [0.15, 0.2) is 17.3 Å². The van der Waals surface area contributed by atoms with Gasteiger partial charge in [-0.15, -0.1) is 6.58 Å². The quantitative estimate of drug-likeness (QED) is 0.396. The average molecular weight is 492 g/mol. The Labute approximate surface area is 204 Å². The Balaban J connectivity index is 1.83. The molecule has 0 atom stereocenters. The van der Waals surface area contributed by atoms with Crippen LogP contribution in [0.25, 0.3) is 16.9 Å². The number of allylic oxidation sites excluding steroid dienone is 1. The minimum atomic E-state index is -2.40. The van der Waals surface area contributed by atoms with E-state index in [1.165, 1.54) is 16.4 Å². The molecule has 0 spiro atoms. The van der Waals surface area contributed by atoms with Crippen LogP contribution < -0.4 is 10.9 Å². The normalized spacial score (nSPS) is 12.0. The minimum absolute atomic E-state index is 0.0503. The first-order chi connectivity index (χ1) is 16.5. The first kappa shape index (κ1) is 24.3. The molecule has 4 rings (SSSR count). The van der Waals surface area contributed by atoms with Crippen LogP contribution in [-0.4, -0.2) is 41.0 Å². The molecule has 0 fully saturated rings. The summed E-state index contributed by atoms with van der Waals surface area (Å²) in [5, 5.41) is 3.56. The van der Waals surface area contributed by atoms with Crippen molar-refractivity contribution in [2.75, 3.05) is 17.8 Å². The van der Waals surface area contributed by atoms with Crippen molar-refractivity contribution in [3.63, 3.8) is 0 Å². The van der Waals surface area contributed by atoms with Crippen LogP contribution in [0.4, 0.5) is 17.5 Å². The molecule has 0 aliphatic heterocycles. The fraction of sp³-hybridized carbons (Fsp3) is 0.280. The first-order valence-corrected chi connectivity index (χ1v) is 13.4. The summed E-state index contributed by atoms with van der Waals surface area (Å²) in [4.78, 5) is 26.6. The van der Waals surface area contributed by atoms with Crippen molar-refractivity contribution in [3.05, 3.63) is 77.2 Å². The largest absolute Gasteiger partial charge is 0.324 e. The summed E-state index contributed by atoms with van der Waals surface area (Å²) in [7, 11) is -2.40. The second-order valence-corrected chi connectivity index (χ2v) is 12.0. The van der Waals surface area contributed by atoms with Crippen LogP contribution in [0, 0.1) is 0 Å². The third-order valence-electron chi connectivity index (χ3n) is 5.23. The monoisotopic (exact) mass is 491 g/mol. The van der Waals surface area contributed by atoms with E-state index in [1.807, 2.05) is 12.1 Å². The fourth-order valence-electron chi connectivity index (χ4n) is 3.60. The van der Waals surface area contributed by atoms with E-state index in [9.17, 15) is 9.00 Å². The zero-order valence-corrected chi connectivity index (χ0v) is 21.3. The van der Waals surface area contributed by atoms with E-state index in [1.54, 1.807) is 41.5 Å². The molecule has 0 radical (unpaired) electrons. The molecule has 3 heterocycles. The van der Waals surface area contributed by atoms with Gasteiger partial charge in [0, 0.05) is 34.1 Å². The van der Waals surface area contributed by atoms with Crippen molar-refractivity contribution >= 4 is 38.2 Å². The Morgan fingerprint density at radius 1 is 1.11 bits per heavy atom. The van der Waals surface area contributed by atoms with Crippen LogP contribution in [0.5, 0.6) is 0 Å². The Kier molecular flexibility index (Phi) is 6.33. The van der Waals surface area contributed by atoms with Crippen molar-refractivity contribution in [2.24, 2.45) is 4.36 Å². The highest BCUT2D eigenvalue weighted by molar-refractivity contribution is 7.92. The maximum atomic E-state index is 13.1. The van der Waals surface area contributed by atoms with Gasteiger partial charge in [0.1, 0.15) is 5.39 Å². The summed E-state index contributed by atoms with van der Waals surface area (Å²) in [6, 6.07) is 13.2. The molecular weight excluding hydrogens is 462 g/mol. The number of benzene rings is 1. The van der Waals surface area contributed by atoms with E-state index in [0.29, 0.717) is 28.6 Å². The van der Waals surface area contributed by atoms with Gasteiger partial charge in [-0.1, -0.05) is 45.0 Å². The van der Waals surface area contributed by atoms with Crippen molar-refractivity contribution in [1.29, 1.82) is 0 Å². The van der Waals surface area contributed by atoms with E-state index in [-0.39, 0.29) is 17.5 Å². The smallest absolute Gasteiger partial charge is 0.278 e. The molecule has 0 aliphatic rings. The molecule has 1 N–H and O–H groups in total. The second-order valence-electron chi connectivity index (χ2n) is 9.50. The zero-order chi connectivity index (χ0) is 25.4. The third-order valence-corrected chi connectivity index (χ3v) is 5.86. The summed E-state index contributed by atoms with van der Waals surface area (Å²) in [5.74, 6) is 1.07. The Morgan fingerprint density at radius 2 is 1.83 bits per heavy atom. The molecule has 0 amide bonds. The van der Waals surface area contributed by atoms with E-state index in [0.717, 1.165) is 5.69 Å². The second kappa shape index (κ2) is 9.10. The van der Waals surface area contributed by atoms with E-state index < -0.39 is 9.73 Å². The highest BCUT2D eigenvalue weighted by Crippen LogP contribution is 2.25. The maximum absolute atomic E-state index is 13.1. The van der Waals surface area contributed by atoms with Gasteiger partial charge in [-0.3, -0.25) is 4.79 Å². The number of hydrogen-bond acceptors (Lipinski definition) is 7. The Hall–Kier alpha value is -3.79. The van der Waals surface area contributed by atoms with Gasteiger partial charge in [-0.2, -0.15) is 9.35 Å². The number of anilines is 2. The molecule has 10 heteroatoms. The zero-order valence-electron chi connectivity index (χ0n) is 20.5. The number of fused-ring (bicyclic) bond motifs is 1. The Morgan fingerprint density at radius 3 is 2.46 bits per heavy atom. The SMILES string of the molecule is C=CCn1c(=O)c2cnc(Nc3ccc(C(C)(C)C)cc3)nc2n1-c1cccc(N=S(C)(C)=O)n1. The van der Waals surface area contributed by atoms with Crippen LogP contribution in [0.15, 0.2) is 70.5 Å². The van der Waals surface area contributed by atoms with Crippen molar-refractivity contribution < 1.29 is 4.21 Å². The van der Waals surface area contributed by atoms with E-state index >= 15 is 0 Å². The molecule has 0 unspecified atom stereocenters. The molecule has 0 bridgehead atoms. The van der Waals surface area contributed by atoms with Crippen LogP contribution >= 0.6 is 0 Å². The summed E-state index contributed by atoms with van der Waals surface area (Å²) >= 11 is 0. The van der Waals surface area contributed by atoms with Crippen LogP contribution in [0.1, 0.15) is 26.3 Å². The van der Waals surface area contributed by atoms with E-state index in [4.69, 9.17) is 0 Å². The lowest BCUT2D eigenvalue weighted by Crippen LogP contribution is -2.22. The van der Waals surface area contributed by atoms with Gasteiger partial charge in [0.2, 0.25) is 5.95 Å². The maximum Gasteiger partial charge on any atom is 0.278 e. The highest BCUT2D eigenvalue weighted by Gasteiger charge is 2.18. The molecular formula is C25H29N7O2S. The predicted molar refractivity (Wildman–Crippen MR) is 142 cm³/mol. The molecule has 4 aromatic rings. The average Bonchev–Trinajstić information content (AvgIpc) is 3.04. The molecule has 35 heavy (non-hydrogen) atoms. The van der Waals surface area contributed by atoms with Crippen molar-refractivity contribution in [1.82, 2.24) is 24.3 Å². The molecule has 182 valence electrons. The number of rotatable bonds is 6. The molecule has 0 saturated heterocycles. The molecule has 0 aliphatic carbocycles. The van der Waals surface area contributed by atoms with Gasteiger partial charge in [0.05, 0.1) is 6.54 Å². The summed E-state index contributed by atoms with van der Waals surface area (Å²) in [6.07, 6.45) is 6.21.